The maximum absolute atomic E-state index is 12.9. The quantitative estimate of drug-likeness (QED) is 0.117. The maximum Gasteiger partial charge on any atom is 0.353 e. The van der Waals surface area contributed by atoms with Crippen molar-refractivity contribution in [3.63, 3.8) is 0 Å². The molecule has 1 fully saturated rings. The molecule has 0 unspecified atom stereocenters. The average Bonchev–Trinajstić information content (AvgIpc) is 3.49. The normalized spacial score (nSPS) is 19.9. The zero-order chi connectivity index (χ0) is 26.5. The number of aryl methyl sites for hydroxylation is 1. The van der Waals surface area contributed by atoms with E-state index in [1.807, 2.05) is 6.08 Å². The Bertz CT molecular complexity index is 1330. The second kappa shape index (κ2) is 11.6. The third-order valence-corrected chi connectivity index (χ3v) is 7.93. The summed E-state index contributed by atoms with van der Waals surface area (Å²) in [4.78, 5) is 48.2. The van der Waals surface area contributed by atoms with E-state index >= 15 is 0 Å². The molecule has 194 valence electrons. The third kappa shape index (κ3) is 5.67. The van der Waals surface area contributed by atoms with E-state index in [-0.39, 0.29) is 22.2 Å². The molecule has 0 aromatic carbocycles. The number of thioether (sulfide) groups is 2. The maximum atomic E-state index is 12.9. The lowest BCUT2D eigenvalue weighted by Crippen LogP contribution is -2.72. The molecule has 0 saturated carbocycles. The van der Waals surface area contributed by atoms with Gasteiger partial charge in [-0.25, -0.2) is 14.5 Å². The van der Waals surface area contributed by atoms with E-state index in [0.29, 0.717) is 21.6 Å². The van der Waals surface area contributed by atoms with Gasteiger partial charge in [-0.2, -0.15) is 0 Å². The van der Waals surface area contributed by atoms with Crippen LogP contribution in [0.2, 0.25) is 0 Å². The van der Waals surface area contributed by atoms with Crippen LogP contribution < -0.4 is 11.1 Å². The molecule has 4 N–H and O–H groups in total. The molecule has 2 aliphatic heterocycles. The van der Waals surface area contributed by atoms with Gasteiger partial charge in [-0.15, -0.1) is 28.2 Å². The van der Waals surface area contributed by atoms with Gasteiger partial charge in [-0.05, 0) is 16.5 Å². The highest BCUT2D eigenvalue weighted by Crippen LogP contribution is 2.39. The fourth-order valence-electron chi connectivity index (χ4n) is 3.49. The van der Waals surface area contributed by atoms with Crippen molar-refractivity contribution in [1.82, 2.24) is 35.4 Å². The van der Waals surface area contributed by atoms with Gasteiger partial charge in [0, 0.05) is 28.8 Å². The molecule has 4 rings (SSSR count). The Balaban J connectivity index is 1.41. The number of anilines is 1. The van der Waals surface area contributed by atoms with Gasteiger partial charge in [-0.3, -0.25) is 14.5 Å². The van der Waals surface area contributed by atoms with Crippen LogP contribution in [0, 0.1) is 0 Å². The number of nitrogens with one attached hydrogen (secondary N) is 1. The van der Waals surface area contributed by atoms with Crippen LogP contribution >= 0.6 is 34.9 Å². The van der Waals surface area contributed by atoms with Crippen molar-refractivity contribution in [2.24, 2.45) is 12.2 Å². The van der Waals surface area contributed by atoms with Crippen molar-refractivity contribution in [3.05, 3.63) is 46.0 Å². The number of thiazole rings is 1. The number of rotatable bonds is 10. The summed E-state index contributed by atoms with van der Waals surface area (Å²) < 4.78 is 1.56. The van der Waals surface area contributed by atoms with Crippen molar-refractivity contribution in [3.8, 4) is 0 Å². The molecule has 37 heavy (non-hydrogen) atoms. The fraction of sp³-hybridized carbons (Fsp3) is 0.300. The highest BCUT2D eigenvalue weighted by molar-refractivity contribution is 8.03. The number of aliphatic carboxylic acids is 1. The zero-order valence-corrected chi connectivity index (χ0v) is 21.9. The second-order valence-electron chi connectivity index (χ2n) is 7.43. The number of carbonyl (C=O) groups is 3. The lowest BCUT2D eigenvalue weighted by atomic mass is 9.94. The van der Waals surface area contributed by atoms with Gasteiger partial charge >= 0.3 is 5.97 Å². The molecule has 4 heterocycles. The predicted octanol–water partition coefficient (Wildman–Crippen LogP) is 0.243. The SMILES string of the molecule is CO/N=C(/C(=O)N[C@@H]1C(=O)N2C(C(=O)O)=C(/C=C/C=C/CSc3nnnn3C)SC[C@H]12)c1csc(N)n1. The van der Waals surface area contributed by atoms with Crippen LogP contribution in [-0.2, 0) is 26.3 Å². The number of aromatic nitrogens is 5. The van der Waals surface area contributed by atoms with Gasteiger partial charge in [0.1, 0.15) is 24.5 Å². The number of fused-ring (bicyclic) bond motifs is 1. The van der Waals surface area contributed by atoms with Crippen LogP contribution in [0.5, 0.6) is 0 Å². The molecule has 17 heteroatoms. The smallest absolute Gasteiger partial charge is 0.353 e. The Morgan fingerprint density at radius 1 is 1.43 bits per heavy atom. The summed E-state index contributed by atoms with van der Waals surface area (Å²) in [7, 11) is 3.02. The molecule has 0 spiro atoms. The van der Waals surface area contributed by atoms with Crippen molar-refractivity contribution in [2.75, 3.05) is 24.3 Å². The monoisotopic (exact) mass is 563 g/mol. The summed E-state index contributed by atoms with van der Waals surface area (Å²) >= 11 is 3.87. The Morgan fingerprint density at radius 3 is 2.89 bits per heavy atom. The fourth-order valence-corrected chi connectivity index (χ4v) is 5.90. The molecule has 0 bridgehead atoms. The van der Waals surface area contributed by atoms with Crippen LogP contribution in [0.4, 0.5) is 5.13 Å². The Hall–Kier alpha value is -3.70. The molecule has 2 amide bonds. The number of hydrogen-bond donors (Lipinski definition) is 3. The van der Waals surface area contributed by atoms with Crippen molar-refractivity contribution >= 4 is 63.5 Å². The van der Waals surface area contributed by atoms with Gasteiger partial charge in [0.05, 0.1) is 6.04 Å². The Morgan fingerprint density at radius 2 is 2.24 bits per heavy atom. The summed E-state index contributed by atoms with van der Waals surface area (Å²) in [6.07, 6.45) is 7.00. The number of carboxylic acid groups (broad SMARTS) is 1. The number of nitrogen functional groups attached to an aromatic ring is 1. The van der Waals surface area contributed by atoms with Gasteiger partial charge in [0.25, 0.3) is 11.8 Å². The molecular formula is C20H21N9O5S3. The van der Waals surface area contributed by atoms with E-state index in [1.54, 1.807) is 35.3 Å². The summed E-state index contributed by atoms with van der Waals surface area (Å²) in [5.41, 5.74) is 5.59. The van der Waals surface area contributed by atoms with Crippen molar-refractivity contribution in [1.29, 1.82) is 0 Å². The summed E-state index contributed by atoms with van der Waals surface area (Å²) in [5, 5.41) is 29.8. The molecular weight excluding hydrogens is 542 g/mol. The summed E-state index contributed by atoms with van der Waals surface area (Å²) in [6, 6.07) is -1.44. The molecule has 2 aromatic heterocycles. The molecule has 2 aromatic rings. The predicted molar refractivity (Wildman–Crippen MR) is 138 cm³/mol. The van der Waals surface area contributed by atoms with Crippen LogP contribution in [-0.4, -0.2) is 89.4 Å². The van der Waals surface area contributed by atoms with Crippen molar-refractivity contribution < 1.29 is 24.3 Å². The highest BCUT2D eigenvalue weighted by Gasteiger charge is 2.53. The minimum absolute atomic E-state index is 0.126. The number of nitrogens with two attached hydrogens (primary N) is 1. The number of tetrazole rings is 1. The minimum atomic E-state index is -1.23. The van der Waals surface area contributed by atoms with Crippen molar-refractivity contribution in [2.45, 2.75) is 17.2 Å². The van der Waals surface area contributed by atoms with E-state index < -0.39 is 29.9 Å². The summed E-state index contributed by atoms with van der Waals surface area (Å²) in [6.45, 7) is 0. The largest absolute Gasteiger partial charge is 0.477 e. The van der Waals surface area contributed by atoms with E-state index in [0.717, 1.165) is 11.3 Å². The Labute approximate surface area is 222 Å². The number of amides is 2. The molecule has 0 radical (unpaired) electrons. The number of allylic oxidation sites excluding steroid dienone is 3. The van der Waals surface area contributed by atoms with Gasteiger partial charge in [-0.1, -0.05) is 35.1 Å². The Kier molecular flexibility index (Phi) is 8.24. The van der Waals surface area contributed by atoms with Gasteiger partial charge in [0.15, 0.2) is 10.8 Å². The van der Waals surface area contributed by atoms with Crippen LogP contribution in [0.1, 0.15) is 5.69 Å². The van der Waals surface area contributed by atoms with Crippen LogP contribution in [0.3, 0.4) is 0 Å². The first-order chi connectivity index (χ1) is 17.8. The van der Waals surface area contributed by atoms with E-state index in [9.17, 15) is 19.5 Å². The number of hydrogen-bond acceptors (Lipinski definition) is 13. The number of carboxylic acids is 1. The summed E-state index contributed by atoms with van der Waals surface area (Å²) in [5.74, 6) is -1.43. The third-order valence-electron chi connectivity index (χ3n) is 5.14. The number of nitrogens with zero attached hydrogens (tertiary/aromatic N) is 7. The molecule has 2 aliphatic rings. The van der Waals surface area contributed by atoms with Crippen LogP contribution in [0.15, 0.2) is 50.6 Å². The van der Waals surface area contributed by atoms with Crippen LogP contribution in [0.25, 0.3) is 0 Å². The minimum Gasteiger partial charge on any atom is -0.477 e. The van der Waals surface area contributed by atoms with E-state index in [2.05, 4.69) is 31.0 Å². The lowest BCUT2D eigenvalue weighted by molar-refractivity contribution is -0.153. The zero-order valence-electron chi connectivity index (χ0n) is 19.5. The standard InChI is InChI=1S/C20H21N9O5S3/c1-28-20(24-26-27-28)35-7-5-3-4-6-12-15(18(32)33)29-11(9-36-12)14(17(29)31)23-16(30)13(25-34-2)10-8-37-19(21)22-10/h3-6,8,11,14H,7,9H2,1-2H3,(H2,21,22)(H,23,30)(H,32,33)/b5-3+,6-4+,25-13+/t11-,14+/m1/s1. The average molecular weight is 564 g/mol. The number of carbonyl (C=O) groups excluding carboxylic acids is 2. The van der Waals surface area contributed by atoms with E-state index in [1.165, 1.54) is 35.5 Å². The second-order valence-corrected chi connectivity index (χ2v) is 10.4. The lowest BCUT2D eigenvalue weighted by Gasteiger charge is -2.49. The molecule has 14 nitrogen and oxygen atoms in total. The first kappa shape index (κ1) is 26.4. The van der Waals surface area contributed by atoms with Gasteiger partial charge in [0.2, 0.25) is 5.16 Å². The number of oxime groups is 1. The molecule has 2 atom stereocenters. The topological polar surface area (TPSA) is 191 Å². The number of β-lactam (4-membered cyclic amide) rings is 1. The van der Waals surface area contributed by atoms with Gasteiger partial charge < -0.3 is 21.0 Å². The van der Waals surface area contributed by atoms with E-state index in [4.69, 9.17) is 10.6 Å². The first-order valence-corrected chi connectivity index (χ1v) is 13.4. The molecule has 1 saturated heterocycles. The molecule has 0 aliphatic carbocycles. The first-order valence-electron chi connectivity index (χ1n) is 10.6. The highest BCUT2D eigenvalue weighted by atomic mass is 32.2.